The zero-order chi connectivity index (χ0) is 20.9. The van der Waals surface area contributed by atoms with E-state index in [-0.39, 0.29) is 17.6 Å². The smallest absolute Gasteiger partial charge is 0.255 e. The van der Waals surface area contributed by atoms with Crippen LogP contribution in [0.3, 0.4) is 0 Å². The van der Waals surface area contributed by atoms with Crippen LogP contribution in [0, 0.1) is 0 Å². The highest BCUT2D eigenvalue weighted by molar-refractivity contribution is 8.00. The van der Waals surface area contributed by atoms with Gasteiger partial charge in [0.25, 0.3) is 5.91 Å². The molecule has 0 fully saturated rings. The number of halogens is 1. The third-order valence-electron chi connectivity index (χ3n) is 4.39. The fourth-order valence-electron chi connectivity index (χ4n) is 2.97. The average Bonchev–Trinajstić information content (AvgIpc) is 3.20. The molecule has 0 spiro atoms. The highest BCUT2D eigenvalue weighted by Gasteiger charge is 2.09. The van der Waals surface area contributed by atoms with E-state index in [1.807, 2.05) is 48.7 Å². The van der Waals surface area contributed by atoms with E-state index >= 15 is 0 Å². The van der Waals surface area contributed by atoms with Crippen molar-refractivity contribution >= 4 is 57.5 Å². The number of hydrogen-bond donors (Lipinski definition) is 3. The molecule has 1 aromatic heterocycles. The first-order valence-corrected chi connectivity index (χ1v) is 10.6. The molecule has 4 rings (SSSR count). The Balaban J connectivity index is 1.34. The Morgan fingerprint density at radius 1 is 0.900 bits per heavy atom. The summed E-state index contributed by atoms with van der Waals surface area (Å²) in [6, 6.07) is 21.9. The largest absolute Gasteiger partial charge is 0.361 e. The number of benzene rings is 3. The summed E-state index contributed by atoms with van der Waals surface area (Å²) in [5.41, 5.74) is 2.86. The maximum atomic E-state index is 12.4. The average molecular weight is 436 g/mol. The zero-order valence-corrected chi connectivity index (χ0v) is 17.4. The van der Waals surface area contributed by atoms with E-state index in [0.29, 0.717) is 16.3 Å². The van der Waals surface area contributed by atoms with Crippen LogP contribution >= 0.6 is 23.4 Å². The van der Waals surface area contributed by atoms with Crippen molar-refractivity contribution in [3.05, 3.63) is 89.6 Å². The summed E-state index contributed by atoms with van der Waals surface area (Å²) < 4.78 is 0. The Kier molecular flexibility index (Phi) is 6.07. The van der Waals surface area contributed by atoms with Gasteiger partial charge in [-0.05, 0) is 60.0 Å². The van der Waals surface area contributed by atoms with Crippen LogP contribution in [-0.4, -0.2) is 22.6 Å². The third-order valence-corrected chi connectivity index (χ3v) is 5.62. The van der Waals surface area contributed by atoms with Crippen LogP contribution in [0.5, 0.6) is 0 Å². The molecule has 0 aliphatic heterocycles. The van der Waals surface area contributed by atoms with Gasteiger partial charge in [0.2, 0.25) is 5.91 Å². The summed E-state index contributed by atoms with van der Waals surface area (Å²) in [6.45, 7) is 0. The Hall–Kier alpha value is -3.22. The van der Waals surface area contributed by atoms with Gasteiger partial charge < -0.3 is 15.6 Å². The molecule has 0 saturated heterocycles. The normalized spacial score (nSPS) is 10.7. The van der Waals surface area contributed by atoms with Gasteiger partial charge in [0, 0.05) is 38.6 Å². The molecule has 0 atom stereocenters. The number of amides is 2. The summed E-state index contributed by atoms with van der Waals surface area (Å²) in [7, 11) is 0. The lowest BCUT2D eigenvalue weighted by Gasteiger charge is -2.08. The molecule has 3 aromatic carbocycles. The number of carbonyl (C=O) groups is 2. The fraction of sp³-hybridized carbons (Fsp3) is 0.0435. The van der Waals surface area contributed by atoms with Gasteiger partial charge >= 0.3 is 0 Å². The summed E-state index contributed by atoms with van der Waals surface area (Å²) in [5, 5.41) is 7.36. The Morgan fingerprint density at radius 2 is 1.73 bits per heavy atom. The summed E-state index contributed by atoms with van der Waals surface area (Å²) in [4.78, 5) is 28.7. The lowest BCUT2D eigenvalue weighted by molar-refractivity contribution is -0.113. The predicted octanol–water partition coefficient (Wildman–Crippen LogP) is 5.80. The van der Waals surface area contributed by atoms with E-state index in [9.17, 15) is 9.59 Å². The summed E-state index contributed by atoms with van der Waals surface area (Å²) in [6.07, 6.45) is 1.87. The molecule has 0 radical (unpaired) electrons. The number of fused-ring (bicyclic) bond motifs is 1. The Bertz CT molecular complexity index is 1220. The molecular weight excluding hydrogens is 418 g/mol. The SMILES string of the molecule is O=C(CSc1cccc(NC(=O)c2cccc(Cl)c2)c1)Nc1ccc2cc[nH]c2c1. The van der Waals surface area contributed by atoms with Crippen molar-refractivity contribution in [1.82, 2.24) is 4.98 Å². The fourth-order valence-corrected chi connectivity index (χ4v) is 3.91. The van der Waals surface area contributed by atoms with Crippen molar-refractivity contribution in [3.8, 4) is 0 Å². The third kappa shape index (κ3) is 5.03. The minimum atomic E-state index is -0.239. The van der Waals surface area contributed by atoms with E-state index < -0.39 is 0 Å². The molecule has 2 amide bonds. The predicted molar refractivity (Wildman–Crippen MR) is 123 cm³/mol. The minimum absolute atomic E-state index is 0.0979. The monoisotopic (exact) mass is 435 g/mol. The van der Waals surface area contributed by atoms with Crippen molar-refractivity contribution in [2.24, 2.45) is 0 Å². The molecule has 0 unspecified atom stereocenters. The van der Waals surface area contributed by atoms with E-state index in [1.165, 1.54) is 11.8 Å². The van der Waals surface area contributed by atoms with E-state index in [0.717, 1.165) is 21.5 Å². The van der Waals surface area contributed by atoms with Crippen LogP contribution in [0.25, 0.3) is 10.9 Å². The van der Waals surface area contributed by atoms with Crippen LogP contribution < -0.4 is 10.6 Å². The zero-order valence-electron chi connectivity index (χ0n) is 15.8. The van der Waals surface area contributed by atoms with Gasteiger partial charge in [-0.15, -0.1) is 11.8 Å². The van der Waals surface area contributed by atoms with E-state index in [4.69, 9.17) is 11.6 Å². The van der Waals surface area contributed by atoms with E-state index in [2.05, 4.69) is 15.6 Å². The second kappa shape index (κ2) is 9.07. The van der Waals surface area contributed by atoms with Crippen molar-refractivity contribution in [2.75, 3.05) is 16.4 Å². The second-order valence-electron chi connectivity index (χ2n) is 6.61. The molecule has 5 nitrogen and oxygen atoms in total. The molecule has 3 N–H and O–H groups in total. The number of H-pyrrole nitrogens is 1. The topological polar surface area (TPSA) is 74.0 Å². The highest BCUT2D eigenvalue weighted by atomic mass is 35.5. The van der Waals surface area contributed by atoms with Gasteiger partial charge in [-0.2, -0.15) is 0 Å². The number of carbonyl (C=O) groups excluding carboxylic acids is 2. The lowest BCUT2D eigenvalue weighted by atomic mass is 10.2. The number of thioether (sulfide) groups is 1. The van der Waals surface area contributed by atoms with Gasteiger partial charge in [-0.1, -0.05) is 29.8 Å². The summed E-state index contributed by atoms with van der Waals surface area (Å²) in [5.74, 6) is -0.0783. The first-order valence-electron chi connectivity index (χ1n) is 9.24. The van der Waals surface area contributed by atoms with Crippen LogP contribution in [0.2, 0.25) is 5.02 Å². The lowest BCUT2D eigenvalue weighted by Crippen LogP contribution is -2.14. The molecule has 0 aliphatic rings. The van der Waals surface area contributed by atoms with Crippen LogP contribution in [-0.2, 0) is 4.79 Å². The minimum Gasteiger partial charge on any atom is -0.361 e. The van der Waals surface area contributed by atoms with Crippen LogP contribution in [0.1, 0.15) is 10.4 Å². The van der Waals surface area contributed by atoms with Gasteiger partial charge in [0.15, 0.2) is 0 Å². The second-order valence-corrected chi connectivity index (χ2v) is 8.09. The van der Waals surface area contributed by atoms with Gasteiger partial charge in [0.05, 0.1) is 5.75 Å². The number of aromatic nitrogens is 1. The Morgan fingerprint density at radius 3 is 2.60 bits per heavy atom. The van der Waals surface area contributed by atoms with Crippen molar-refractivity contribution in [1.29, 1.82) is 0 Å². The van der Waals surface area contributed by atoms with Gasteiger partial charge in [0.1, 0.15) is 0 Å². The highest BCUT2D eigenvalue weighted by Crippen LogP contribution is 2.23. The maximum Gasteiger partial charge on any atom is 0.255 e. The first kappa shape index (κ1) is 20.1. The van der Waals surface area contributed by atoms with Crippen LogP contribution in [0.15, 0.2) is 83.9 Å². The van der Waals surface area contributed by atoms with E-state index in [1.54, 1.807) is 30.3 Å². The molecule has 30 heavy (non-hydrogen) atoms. The van der Waals surface area contributed by atoms with Crippen molar-refractivity contribution in [3.63, 3.8) is 0 Å². The quantitative estimate of drug-likeness (QED) is 0.335. The first-order chi connectivity index (χ1) is 14.6. The number of nitrogens with one attached hydrogen (secondary N) is 3. The molecule has 1 heterocycles. The number of hydrogen-bond acceptors (Lipinski definition) is 3. The molecule has 0 bridgehead atoms. The van der Waals surface area contributed by atoms with Crippen molar-refractivity contribution in [2.45, 2.75) is 4.90 Å². The molecule has 0 saturated carbocycles. The maximum absolute atomic E-state index is 12.4. The Labute approximate surface area is 182 Å². The summed E-state index contributed by atoms with van der Waals surface area (Å²) >= 11 is 7.35. The molecule has 150 valence electrons. The molecule has 4 aromatic rings. The number of aromatic amines is 1. The number of rotatable bonds is 6. The van der Waals surface area contributed by atoms with Crippen molar-refractivity contribution < 1.29 is 9.59 Å². The van der Waals surface area contributed by atoms with Crippen LogP contribution in [0.4, 0.5) is 11.4 Å². The number of anilines is 2. The standard InChI is InChI=1S/C23H18ClN3O2S/c24-17-4-1-3-16(11-17)23(29)27-18-5-2-6-20(12-18)30-14-22(28)26-19-8-7-15-9-10-25-21(15)13-19/h1-13,25H,14H2,(H,26,28)(H,27,29). The molecule has 0 aliphatic carbocycles. The van der Waals surface area contributed by atoms with Gasteiger partial charge in [-0.25, -0.2) is 0 Å². The van der Waals surface area contributed by atoms with Gasteiger partial charge in [-0.3, -0.25) is 9.59 Å². The molecule has 7 heteroatoms. The molecular formula is C23H18ClN3O2S.